The zero-order chi connectivity index (χ0) is 12.2. The van der Waals surface area contributed by atoms with Crippen LogP contribution in [0.15, 0.2) is 0 Å². The molecule has 16 heavy (non-hydrogen) atoms. The second-order valence-electron chi connectivity index (χ2n) is 5.72. The highest BCUT2D eigenvalue weighted by molar-refractivity contribution is 4.88. The topological polar surface area (TPSA) is 35.5 Å². The summed E-state index contributed by atoms with van der Waals surface area (Å²) in [5, 5.41) is 12.8. The zero-order valence-electron chi connectivity index (χ0n) is 11.3. The molecular formula is C13H28N2O. The summed E-state index contributed by atoms with van der Waals surface area (Å²) in [7, 11) is 0. The molecule has 1 aliphatic rings. The Morgan fingerprint density at radius 3 is 2.75 bits per heavy atom. The second-order valence-corrected chi connectivity index (χ2v) is 5.72. The molecule has 1 saturated heterocycles. The summed E-state index contributed by atoms with van der Waals surface area (Å²) in [5.41, 5.74) is 0.258. The summed E-state index contributed by atoms with van der Waals surface area (Å²) in [6.07, 6.45) is 2.39. The minimum Gasteiger partial charge on any atom is -0.395 e. The van der Waals surface area contributed by atoms with Crippen molar-refractivity contribution in [2.45, 2.75) is 52.6 Å². The molecule has 2 atom stereocenters. The van der Waals surface area contributed by atoms with Crippen LogP contribution in [0.2, 0.25) is 0 Å². The Kier molecular flexibility index (Phi) is 5.22. The number of nitrogens with one attached hydrogen (secondary N) is 1. The Hall–Kier alpha value is -0.120. The van der Waals surface area contributed by atoms with Crippen LogP contribution in [0, 0.1) is 5.41 Å². The van der Waals surface area contributed by atoms with Gasteiger partial charge in [-0.2, -0.15) is 0 Å². The van der Waals surface area contributed by atoms with Gasteiger partial charge in [0, 0.05) is 18.6 Å². The molecule has 2 unspecified atom stereocenters. The lowest BCUT2D eigenvalue weighted by Gasteiger charge is -2.38. The standard InChI is InChI=1S/C13H28N2O/c1-5-14-11(2)13(3,4)10-15-8-6-7-12(15)9-16/h11-12,14,16H,5-10H2,1-4H3. The van der Waals surface area contributed by atoms with Crippen molar-refractivity contribution in [3.05, 3.63) is 0 Å². The van der Waals surface area contributed by atoms with Crippen LogP contribution < -0.4 is 5.32 Å². The molecule has 3 heteroatoms. The molecule has 1 heterocycles. The van der Waals surface area contributed by atoms with Gasteiger partial charge in [-0.1, -0.05) is 20.8 Å². The summed E-state index contributed by atoms with van der Waals surface area (Å²) >= 11 is 0. The SMILES string of the molecule is CCNC(C)C(C)(C)CN1CCCC1CO. The van der Waals surface area contributed by atoms with Crippen molar-refractivity contribution in [1.29, 1.82) is 0 Å². The van der Waals surface area contributed by atoms with Gasteiger partial charge in [-0.25, -0.2) is 0 Å². The van der Waals surface area contributed by atoms with Gasteiger partial charge < -0.3 is 10.4 Å². The minimum absolute atomic E-state index is 0.258. The van der Waals surface area contributed by atoms with Gasteiger partial charge in [0.05, 0.1) is 6.61 Å². The Morgan fingerprint density at radius 1 is 1.50 bits per heavy atom. The molecule has 0 aromatic rings. The van der Waals surface area contributed by atoms with Crippen LogP contribution in [0.25, 0.3) is 0 Å². The first-order valence-corrected chi connectivity index (χ1v) is 6.59. The van der Waals surface area contributed by atoms with Gasteiger partial charge in [0.2, 0.25) is 0 Å². The highest BCUT2D eigenvalue weighted by atomic mass is 16.3. The first kappa shape index (κ1) is 13.9. The molecule has 0 bridgehead atoms. The lowest BCUT2D eigenvalue weighted by Crippen LogP contribution is -2.48. The molecule has 0 aromatic heterocycles. The molecule has 0 aliphatic carbocycles. The van der Waals surface area contributed by atoms with Crippen LogP contribution in [0.4, 0.5) is 0 Å². The molecule has 1 rings (SSSR count). The largest absolute Gasteiger partial charge is 0.395 e. The van der Waals surface area contributed by atoms with Crippen molar-refractivity contribution in [2.75, 3.05) is 26.2 Å². The van der Waals surface area contributed by atoms with Crippen molar-refractivity contribution in [3.8, 4) is 0 Å². The molecule has 3 nitrogen and oxygen atoms in total. The maximum absolute atomic E-state index is 9.32. The molecule has 96 valence electrons. The molecule has 0 saturated carbocycles. The zero-order valence-corrected chi connectivity index (χ0v) is 11.3. The van der Waals surface area contributed by atoms with E-state index in [1.165, 1.54) is 6.42 Å². The van der Waals surface area contributed by atoms with E-state index in [0.717, 1.165) is 26.1 Å². The Bertz CT molecular complexity index is 206. The summed E-state index contributed by atoms with van der Waals surface area (Å²) in [6, 6.07) is 0.908. The van der Waals surface area contributed by atoms with E-state index < -0.39 is 0 Å². The molecule has 0 spiro atoms. The molecular weight excluding hydrogens is 200 g/mol. The Labute approximate surface area is 100 Å². The van der Waals surface area contributed by atoms with Crippen LogP contribution >= 0.6 is 0 Å². The monoisotopic (exact) mass is 228 g/mol. The molecule has 0 radical (unpaired) electrons. The van der Waals surface area contributed by atoms with E-state index in [4.69, 9.17) is 0 Å². The van der Waals surface area contributed by atoms with E-state index in [2.05, 4.69) is 37.9 Å². The van der Waals surface area contributed by atoms with Crippen molar-refractivity contribution < 1.29 is 5.11 Å². The quantitative estimate of drug-likeness (QED) is 0.722. The van der Waals surface area contributed by atoms with Gasteiger partial charge in [-0.05, 0) is 38.3 Å². The fraction of sp³-hybridized carbons (Fsp3) is 1.00. The lowest BCUT2D eigenvalue weighted by atomic mass is 9.84. The van der Waals surface area contributed by atoms with Crippen LogP contribution in [-0.2, 0) is 0 Å². The molecule has 0 amide bonds. The number of likely N-dealkylation sites (tertiary alicyclic amines) is 1. The lowest BCUT2D eigenvalue weighted by molar-refractivity contribution is 0.1000. The fourth-order valence-corrected chi connectivity index (χ4v) is 2.55. The molecule has 0 aromatic carbocycles. The van der Waals surface area contributed by atoms with Crippen LogP contribution in [0.3, 0.4) is 0 Å². The first-order valence-electron chi connectivity index (χ1n) is 6.59. The van der Waals surface area contributed by atoms with Gasteiger partial charge in [-0.3, -0.25) is 4.90 Å². The van der Waals surface area contributed by atoms with Gasteiger partial charge >= 0.3 is 0 Å². The third kappa shape index (κ3) is 3.44. The van der Waals surface area contributed by atoms with E-state index in [1.54, 1.807) is 0 Å². The van der Waals surface area contributed by atoms with Gasteiger partial charge in [0.25, 0.3) is 0 Å². The van der Waals surface area contributed by atoms with Crippen molar-refractivity contribution >= 4 is 0 Å². The summed E-state index contributed by atoms with van der Waals surface area (Å²) in [5.74, 6) is 0. The number of nitrogens with zero attached hydrogens (tertiary/aromatic N) is 1. The molecule has 2 N–H and O–H groups in total. The summed E-state index contributed by atoms with van der Waals surface area (Å²) in [6.45, 7) is 12.6. The summed E-state index contributed by atoms with van der Waals surface area (Å²) < 4.78 is 0. The van der Waals surface area contributed by atoms with Crippen molar-refractivity contribution in [1.82, 2.24) is 10.2 Å². The number of hydrogen-bond acceptors (Lipinski definition) is 3. The van der Waals surface area contributed by atoms with E-state index in [9.17, 15) is 5.11 Å². The predicted molar refractivity (Wildman–Crippen MR) is 68.6 cm³/mol. The highest BCUT2D eigenvalue weighted by Gasteiger charge is 2.32. The fourth-order valence-electron chi connectivity index (χ4n) is 2.55. The average molecular weight is 228 g/mol. The molecule has 1 aliphatic heterocycles. The van der Waals surface area contributed by atoms with Crippen LogP contribution in [0.1, 0.15) is 40.5 Å². The van der Waals surface area contributed by atoms with Crippen LogP contribution in [-0.4, -0.2) is 48.3 Å². The van der Waals surface area contributed by atoms with E-state index in [-0.39, 0.29) is 5.41 Å². The Balaban J connectivity index is 2.50. The highest BCUT2D eigenvalue weighted by Crippen LogP contribution is 2.26. The number of hydrogen-bond donors (Lipinski definition) is 2. The van der Waals surface area contributed by atoms with Crippen LogP contribution in [0.5, 0.6) is 0 Å². The van der Waals surface area contributed by atoms with Crippen molar-refractivity contribution in [3.63, 3.8) is 0 Å². The smallest absolute Gasteiger partial charge is 0.0586 e. The predicted octanol–water partition coefficient (Wildman–Crippen LogP) is 1.47. The van der Waals surface area contributed by atoms with E-state index >= 15 is 0 Å². The molecule has 1 fully saturated rings. The van der Waals surface area contributed by atoms with Gasteiger partial charge in [-0.15, -0.1) is 0 Å². The van der Waals surface area contributed by atoms with Gasteiger partial charge in [0.1, 0.15) is 0 Å². The number of rotatable bonds is 6. The second kappa shape index (κ2) is 5.99. The maximum Gasteiger partial charge on any atom is 0.0586 e. The average Bonchev–Trinajstić information content (AvgIpc) is 2.64. The Morgan fingerprint density at radius 2 is 2.19 bits per heavy atom. The van der Waals surface area contributed by atoms with E-state index in [1.807, 2.05) is 0 Å². The number of aliphatic hydroxyl groups is 1. The van der Waals surface area contributed by atoms with Gasteiger partial charge in [0.15, 0.2) is 0 Å². The third-order valence-electron chi connectivity index (χ3n) is 4.00. The maximum atomic E-state index is 9.32. The van der Waals surface area contributed by atoms with Crippen molar-refractivity contribution in [2.24, 2.45) is 5.41 Å². The minimum atomic E-state index is 0.258. The third-order valence-corrected chi connectivity index (χ3v) is 4.00. The number of aliphatic hydroxyl groups excluding tert-OH is 1. The summed E-state index contributed by atoms with van der Waals surface area (Å²) in [4.78, 5) is 2.45. The first-order chi connectivity index (χ1) is 7.51. The van der Waals surface area contributed by atoms with E-state index in [0.29, 0.717) is 18.7 Å². The normalized spacial score (nSPS) is 24.9.